The van der Waals surface area contributed by atoms with Gasteiger partial charge in [0.15, 0.2) is 17.7 Å². The number of amides is 2. The second kappa shape index (κ2) is 18.2. The van der Waals surface area contributed by atoms with Gasteiger partial charge in [-0.05, 0) is 72.3 Å². The van der Waals surface area contributed by atoms with E-state index in [4.69, 9.17) is 28.1 Å². The number of cyclic esters (lactones) is 1. The lowest BCUT2D eigenvalue weighted by molar-refractivity contribution is -0.295. The summed E-state index contributed by atoms with van der Waals surface area (Å²) in [5.74, 6) is -6.06. The predicted octanol–water partition coefficient (Wildman–Crippen LogP) is 4.17. The monoisotopic (exact) mass is 829 g/mol. The van der Waals surface area contributed by atoms with Crippen LogP contribution in [0.3, 0.4) is 0 Å². The average Bonchev–Trinajstić information content (AvgIpc) is 3.83. The second-order valence-corrected chi connectivity index (χ2v) is 17.1. The zero-order chi connectivity index (χ0) is 43.6. The molecular weight excluding hydrogens is 769 g/mol. The Kier molecular flexibility index (Phi) is 14.1. The molecule has 15 nitrogen and oxygen atoms in total. The molecule has 13 atom stereocenters. The van der Waals surface area contributed by atoms with Crippen LogP contribution < -0.4 is 10.6 Å². The van der Waals surface area contributed by atoms with Crippen molar-refractivity contribution >= 4 is 29.5 Å². The number of hydrogen-bond acceptors (Lipinski definition) is 13. The second-order valence-electron chi connectivity index (χ2n) is 17.1. The van der Waals surface area contributed by atoms with E-state index >= 15 is 4.39 Å². The van der Waals surface area contributed by atoms with Crippen LogP contribution in [0.25, 0.3) is 11.3 Å². The number of aliphatic hydroxyl groups is 1. The number of hydrogen-bond donors (Lipinski definition) is 3. The lowest BCUT2D eigenvalue weighted by Gasteiger charge is -2.47. The standard InChI is InChI=1S/C43H60FN3O12/c1-23-22-41(5,54-10)37(58-38-34(50)29(47(8)9)20-24(2)56-38)26(4)36(51)42(6,44)39(52)57-31(43(7)35(25(3)33(23)49)46-40(53)59-43)17-18-45-32(48)21-27-14-11-12-15-28(27)30-16-13-19-55-30/h11-16,19,23-26,29,31,34-35,37-38,50H,17-18,20-22H2,1-10H3,(H,45,48)(H,46,53)/t23-,24?,25+,26+,29?,31-,34?,35-,37-,38?,41-,42+,43-/m1/s1. The minimum Gasteiger partial charge on any atom is -0.464 e. The first-order valence-electron chi connectivity index (χ1n) is 20.2. The van der Waals surface area contributed by atoms with Crippen LogP contribution in [0.4, 0.5) is 9.18 Å². The minimum absolute atomic E-state index is 0.0304. The largest absolute Gasteiger partial charge is 0.464 e. The van der Waals surface area contributed by atoms with E-state index < -0.39 is 83.1 Å². The number of Topliss-reactive ketones (excluding diaryl/α,β-unsaturated/α-hetero) is 2. The Morgan fingerprint density at radius 2 is 1.73 bits per heavy atom. The maximum atomic E-state index is 17.0. The van der Waals surface area contributed by atoms with E-state index in [-0.39, 0.29) is 49.6 Å². The van der Waals surface area contributed by atoms with Crippen molar-refractivity contribution in [2.45, 2.75) is 134 Å². The summed E-state index contributed by atoms with van der Waals surface area (Å²) in [5, 5.41) is 16.9. The van der Waals surface area contributed by atoms with Crippen molar-refractivity contribution in [3.05, 3.63) is 48.2 Å². The first-order valence-corrected chi connectivity index (χ1v) is 20.2. The lowest BCUT2D eigenvalue weighted by Crippen LogP contribution is -2.61. The van der Waals surface area contributed by atoms with E-state index in [1.165, 1.54) is 27.2 Å². The van der Waals surface area contributed by atoms with Gasteiger partial charge in [-0.15, -0.1) is 0 Å². The van der Waals surface area contributed by atoms with Gasteiger partial charge in [0, 0.05) is 49.4 Å². The molecule has 3 aliphatic rings. The number of ether oxygens (including phenoxy) is 5. The normalized spacial score (nSPS) is 37.2. The summed E-state index contributed by atoms with van der Waals surface area (Å²) in [6, 6.07) is 9.29. The SMILES string of the molecule is CO[C@]1(C)C[C@@H](C)C(=O)[C@H](C)[C@H]2NC(=O)O[C@]2(C)[C@@H](CCNC(=O)Cc2ccccc2-c2ccco2)OC(=O)[C@@](C)(F)C(=O)[C@H](C)[C@H]1OC1OC(C)CC(N(C)C)C1O. The Hall–Kier alpha value is -4.22. The molecule has 2 aromatic rings. The quantitative estimate of drug-likeness (QED) is 0.229. The zero-order valence-corrected chi connectivity index (χ0v) is 35.6. The van der Waals surface area contributed by atoms with Crippen molar-refractivity contribution < 1.29 is 61.6 Å². The Balaban J connectivity index is 1.46. The van der Waals surface area contributed by atoms with Crippen LogP contribution in [0.1, 0.15) is 73.3 Å². The Morgan fingerprint density at radius 1 is 1.03 bits per heavy atom. The summed E-state index contributed by atoms with van der Waals surface area (Å²) < 4.78 is 52.7. The fourth-order valence-corrected chi connectivity index (χ4v) is 8.97. The van der Waals surface area contributed by atoms with Gasteiger partial charge in [0.25, 0.3) is 5.67 Å². The molecule has 0 spiro atoms. The number of nitrogens with one attached hydrogen (secondary N) is 2. The molecule has 16 heteroatoms. The van der Waals surface area contributed by atoms with Gasteiger partial charge >= 0.3 is 12.1 Å². The van der Waals surface area contributed by atoms with E-state index in [9.17, 15) is 29.1 Å². The molecule has 5 rings (SSSR count). The predicted molar refractivity (Wildman–Crippen MR) is 212 cm³/mol. The van der Waals surface area contributed by atoms with Crippen molar-refractivity contribution in [2.24, 2.45) is 17.8 Å². The number of alkyl halides is 1. The minimum atomic E-state index is -3.28. The van der Waals surface area contributed by atoms with Crippen LogP contribution in [0, 0.1) is 17.8 Å². The number of halogens is 1. The number of fused-ring (bicyclic) bond motifs is 1. The molecule has 1 aromatic heterocycles. The first kappa shape index (κ1) is 45.9. The summed E-state index contributed by atoms with van der Waals surface area (Å²) in [7, 11) is 4.97. The molecular formula is C43H60FN3O12. The number of ketones is 2. The van der Waals surface area contributed by atoms with E-state index in [2.05, 4.69) is 10.6 Å². The molecule has 1 aromatic carbocycles. The third-order valence-electron chi connectivity index (χ3n) is 12.5. The van der Waals surface area contributed by atoms with Gasteiger partial charge in [0.2, 0.25) is 5.91 Å². The van der Waals surface area contributed by atoms with Gasteiger partial charge in [0.05, 0.1) is 36.5 Å². The number of likely N-dealkylation sites (N-methyl/N-ethyl adjacent to an activating group) is 1. The van der Waals surface area contributed by atoms with Crippen LogP contribution in [-0.2, 0) is 49.3 Å². The highest BCUT2D eigenvalue weighted by Crippen LogP contribution is 2.41. The number of furan rings is 1. The maximum absolute atomic E-state index is 17.0. The van der Waals surface area contributed by atoms with Gasteiger partial charge in [-0.3, -0.25) is 14.4 Å². The number of aliphatic hydroxyl groups excluding tert-OH is 1. The number of alkyl carbamates (subject to hydrolysis) is 1. The summed E-state index contributed by atoms with van der Waals surface area (Å²) in [5.41, 5.74) is -5.09. The molecule has 4 unspecified atom stereocenters. The zero-order valence-electron chi connectivity index (χ0n) is 35.6. The van der Waals surface area contributed by atoms with Crippen molar-refractivity contribution in [1.82, 2.24) is 15.5 Å². The summed E-state index contributed by atoms with van der Waals surface area (Å²) >= 11 is 0. The number of benzene rings is 1. The van der Waals surface area contributed by atoms with Crippen molar-refractivity contribution in [2.75, 3.05) is 27.7 Å². The Morgan fingerprint density at radius 3 is 2.37 bits per heavy atom. The van der Waals surface area contributed by atoms with Gasteiger partial charge in [-0.2, -0.15) is 0 Å². The molecule has 0 radical (unpaired) electrons. The van der Waals surface area contributed by atoms with Crippen molar-refractivity contribution in [3.63, 3.8) is 0 Å². The van der Waals surface area contributed by atoms with E-state index in [1.54, 1.807) is 59.1 Å². The van der Waals surface area contributed by atoms with Crippen molar-refractivity contribution in [1.29, 1.82) is 0 Å². The molecule has 326 valence electrons. The number of esters is 1. The van der Waals surface area contributed by atoms with Crippen LogP contribution in [0.5, 0.6) is 0 Å². The number of nitrogens with zero attached hydrogens (tertiary/aromatic N) is 1. The van der Waals surface area contributed by atoms with Crippen LogP contribution in [-0.4, -0.2) is 127 Å². The molecule has 0 aliphatic carbocycles. The fraction of sp³-hybridized carbons (Fsp3) is 0.651. The third-order valence-corrected chi connectivity index (χ3v) is 12.5. The average molecular weight is 830 g/mol. The molecule has 3 aliphatic heterocycles. The highest BCUT2D eigenvalue weighted by atomic mass is 19.1. The Bertz CT molecular complexity index is 1840. The van der Waals surface area contributed by atoms with Gasteiger partial charge in [-0.1, -0.05) is 45.0 Å². The van der Waals surface area contributed by atoms with Gasteiger partial charge in [-0.25, -0.2) is 14.0 Å². The smallest absolute Gasteiger partial charge is 0.408 e. The first-order chi connectivity index (χ1) is 27.6. The molecule has 0 bridgehead atoms. The molecule has 59 heavy (non-hydrogen) atoms. The fourth-order valence-electron chi connectivity index (χ4n) is 8.97. The molecule has 4 heterocycles. The van der Waals surface area contributed by atoms with Gasteiger partial charge < -0.3 is 48.7 Å². The number of methoxy groups -OCH3 is 1. The molecule has 3 saturated heterocycles. The highest BCUT2D eigenvalue weighted by Gasteiger charge is 2.59. The van der Waals surface area contributed by atoms with Gasteiger partial charge in [0.1, 0.15) is 23.8 Å². The lowest BCUT2D eigenvalue weighted by atomic mass is 9.73. The van der Waals surface area contributed by atoms with Crippen LogP contribution in [0.15, 0.2) is 47.1 Å². The third kappa shape index (κ3) is 9.57. The highest BCUT2D eigenvalue weighted by molar-refractivity contribution is 6.08. The van der Waals surface area contributed by atoms with Crippen molar-refractivity contribution in [3.8, 4) is 11.3 Å². The van der Waals surface area contributed by atoms with E-state index in [1.807, 2.05) is 24.0 Å². The molecule has 3 N–H and O–H groups in total. The van der Waals surface area contributed by atoms with E-state index in [0.29, 0.717) is 17.7 Å². The Labute approximate surface area is 345 Å². The number of carbonyl (C=O) groups excluding carboxylic acids is 5. The topological polar surface area (TPSA) is 192 Å². The molecule has 3 fully saturated rings. The summed E-state index contributed by atoms with van der Waals surface area (Å²) in [4.78, 5) is 70.8. The molecule has 2 amide bonds. The number of carbonyl (C=O) groups is 5. The summed E-state index contributed by atoms with van der Waals surface area (Å²) in [6.45, 7) is 10.2. The number of rotatable bonds is 10. The molecule has 0 saturated carbocycles. The maximum Gasteiger partial charge on any atom is 0.408 e. The van der Waals surface area contributed by atoms with Crippen LogP contribution >= 0.6 is 0 Å². The summed E-state index contributed by atoms with van der Waals surface area (Å²) in [6.07, 6.45) is -4.79. The van der Waals surface area contributed by atoms with E-state index in [0.717, 1.165) is 12.5 Å². The van der Waals surface area contributed by atoms with Crippen LogP contribution in [0.2, 0.25) is 0 Å².